The molecule has 0 fully saturated rings. The van der Waals surface area contributed by atoms with Crippen molar-refractivity contribution in [3.8, 4) is 0 Å². The van der Waals surface area contributed by atoms with E-state index in [0.29, 0.717) is 11.1 Å². The van der Waals surface area contributed by atoms with E-state index in [4.69, 9.17) is 15.0 Å². The van der Waals surface area contributed by atoms with E-state index in [9.17, 15) is 9.59 Å². The third-order valence-corrected chi connectivity index (χ3v) is 2.65. The molecule has 0 saturated heterocycles. The van der Waals surface area contributed by atoms with Gasteiger partial charge in [0.1, 0.15) is 0 Å². The minimum Gasteiger partial charge on any atom is -0.450 e. The molecule has 1 aliphatic heterocycles. The summed E-state index contributed by atoms with van der Waals surface area (Å²) in [4.78, 5) is 31.5. The van der Waals surface area contributed by atoms with Crippen LogP contribution in [0.5, 0.6) is 0 Å². The zero-order valence-corrected chi connectivity index (χ0v) is 10.5. The van der Waals surface area contributed by atoms with Crippen LogP contribution in [0.1, 0.15) is 46.0 Å². The second-order valence-electron chi connectivity index (χ2n) is 4.01. The average Bonchev–Trinajstić information content (AvgIpc) is 2.62. The number of hydrogen-bond donors (Lipinski definition) is 3. The highest BCUT2D eigenvalue weighted by Gasteiger charge is 2.28. The van der Waals surface area contributed by atoms with Crippen LogP contribution in [0.15, 0.2) is 18.2 Å². The first-order valence-electron chi connectivity index (χ1n) is 5.86. The maximum absolute atomic E-state index is 11.5. The second kappa shape index (κ2) is 6.53. The summed E-state index contributed by atoms with van der Waals surface area (Å²) in [6.07, 6.45) is 1.15. The van der Waals surface area contributed by atoms with Gasteiger partial charge >= 0.3 is 6.16 Å². The molecule has 0 unspecified atom stereocenters. The molecule has 6 nitrogen and oxygen atoms in total. The maximum atomic E-state index is 11.5. The first-order valence-corrected chi connectivity index (χ1v) is 5.86. The lowest BCUT2D eigenvalue weighted by Gasteiger charge is -2.03. The topological polar surface area (TPSA) is 104 Å². The highest BCUT2D eigenvalue weighted by Crippen LogP contribution is 2.21. The van der Waals surface area contributed by atoms with E-state index in [1.807, 2.05) is 12.1 Å². The first-order chi connectivity index (χ1) is 8.97. The molecule has 1 aliphatic rings. The number of nitrogens with one attached hydrogen (secondary N) is 1. The van der Waals surface area contributed by atoms with Crippen molar-refractivity contribution in [3.63, 3.8) is 0 Å². The highest BCUT2D eigenvalue weighted by molar-refractivity contribution is 6.22. The maximum Gasteiger partial charge on any atom is 0.503 e. The van der Waals surface area contributed by atoms with Crippen LogP contribution in [-0.2, 0) is 6.42 Å². The van der Waals surface area contributed by atoms with Crippen LogP contribution in [0.4, 0.5) is 4.79 Å². The molecule has 2 amide bonds. The van der Waals surface area contributed by atoms with Crippen LogP contribution in [0.25, 0.3) is 0 Å². The summed E-state index contributed by atoms with van der Waals surface area (Å²) in [5, 5.41) is 16.3. The number of carboxylic acid groups (broad SMARTS) is 2. The molecule has 1 aromatic carbocycles. The normalized spacial score (nSPS) is 12.3. The quantitative estimate of drug-likeness (QED) is 0.726. The SMILES string of the molecule is CCCCc1cccc2c1C(=O)NC2=O.O=C(O)O. The third kappa shape index (κ3) is 3.80. The number of benzene rings is 1. The molecule has 0 saturated carbocycles. The predicted octanol–water partition coefficient (Wildman–Crippen LogP) is 2.14. The standard InChI is InChI=1S/C12H13NO2.CH2O3/c1-2-3-5-8-6-4-7-9-10(8)12(15)13-11(9)14;2-1(3)4/h4,6-7H,2-3,5H2,1H3,(H,13,14,15);(H2,2,3,4). The fraction of sp³-hybridized carbons (Fsp3) is 0.308. The highest BCUT2D eigenvalue weighted by atomic mass is 16.6. The van der Waals surface area contributed by atoms with Crippen LogP contribution in [-0.4, -0.2) is 28.2 Å². The Kier molecular flexibility index (Phi) is 5.05. The Balaban J connectivity index is 0.000000399. The number of unbranched alkanes of at least 4 members (excludes halogenated alkanes) is 1. The van der Waals surface area contributed by atoms with Crippen molar-refractivity contribution >= 4 is 18.0 Å². The van der Waals surface area contributed by atoms with Crippen molar-refractivity contribution in [1.29, 1.82) is 0 Å². The fourth-order valence-electron chi connectivity index (χ4n) is 1.87. The summed E-state index contributed by atoms with van der Waals surface area (Å²) in [5.41, 5.74) is 2.09. The van der Waals surface area contributed by atoms with Crippen LogP contribution >= 0.6 is 0 Å². The van der Waals surface area contributed by atoms with Gasteiger partial charge in [0.25, 0.3) is 11.8 Å². The number of imide groups is 1. The van der Waals surface area contributed by atoms with Crippen molar-refractivity contribution < 1.29 is 24.6 Å². The number of fused-ring (bicyclic) bond motifs is 1. The van der Waals surface area contributed by atoms with Crippen molar-refractivity contribution in [1.82, 2.24) is 5.32 Å². The van der Waals surface area contributed by atoms with E-state index in [0.717, 1.165) is 24.8 Å². The molecule has 0 aromatic heterocycles. The third-order valence-electron chi connectivity index (χ3n) is 2.65. The molecule has 0 bridgehead atoms. The molecule has 0 aliphatic carbocycles. The number of hydrogen-bond acceptors (Lipinski definition) is 3. The van der Waals surface area contributed by atoms with Gasteiger partial charge in [-0.25, -0.2) is 4.79 Å². The zero-order chi connectivity index (χ0) is 14.4. The predicted molar refractivity (Wildman–Crippen MR) is 67.5 cm³/mol. The van der Waals surface area contributed by atoms with Crippen molar-refractivity contribution in [3.05, 3.63) is 34.9 Å². The molecule has 1 heterocycles. The number of amides is 2. The van der Waals surface area contributed by atoms with Crippen LogP contribution in [0.2, 0.25) is 0 Å². The van der Waals surface area contributed by atoms with E-state index in [1.54, 1.807) is 6.07 Å². The van der Waals surface area contributed by atoms with Gasteiger partial charge in [-0.05, 0) is 24.5 Å². The summed E-state index contributed by atoms with van der Waals surface area (Å²) in [6.45, 7) is 2.11. The number of carbonyl (C=O) groups is 3. The molecule has 6 heteroatoms. The van der Waals surface area contributed by atoms with Gasteiger partial charge in [0.2, 0.25) is 0 Å². The van der Waals surface area contributed by atoms with Gasteiger partial charge in [-0.1, -0.05) is 25.5 Å². The largest absolute Gasteiger partial charge is 0.503 e. The number of rotatable bonds is 3. The van der Waals surface area contributed by atoms with Crippen LogP contribution in [0, 0.1) is 0 Å². The minimum absolute atomic E-state index is 0.248. The smallest absolute Gasteiger partial charge is 0.450 e. The zero-order valence-electron chi connectivity index (χ0n) is 10.5. The molecular weight excluding hydrogens is 250 g/mol. The molecule has 0 radical (unpaired) electrons. The van der Waals surface area contributed by atoms with Crippen LogP contribution < -0.4 is 5.32 Å². The van der Waals surface area contributed by atoms with Crippen molar-refractivity contribution in [2.75, 3.05) is 0 Å². The minimum atomic E-state index is -1.83. The summed E-state index contributed by atoms with van der Waals surface area (Å²) >= 11 is 0. The van der Waals surface area contributed by atoms with Gasteiger partial charge in [0, 0.05) is 0 Å². The summed E-state index contributed by atoms with van der Waals surface area (Å²) in [5.74, 6) is -0.518. The molecule has 1 aromatic rings. The Morgan fingerprint density at radius 3 is 2.42 bits per heavy atom. The molecule has 2 rings (SSSR count). The summed E-state index contributed by atoms with van der Waals surface area (Å²) in [7, 11) is 0. The molecule has 102 valence electrons. The van der Waals surface area contributed by atoms with E-state index in [-0.39, 0.29) is 11.8 Å². The molecular formula is C13H15NO5. The lowest BCUT2D eigenvalue weighted by molar-refractivity contribution is 0.0879. The van der Waals surface area contributed by atoms with E-state index in [2.05, 4.69) is 12.2 Å². The molecule has 0 atom stereocenters. The molecule has 19 heavy (non-hydrogen) atoms. The Morgan fingerprint density at radius 1 is 1.21 bits per heavy atom. The summed E-state index contributed by atoms with van der Waals surface area (Å²) < 4.78 is 0. The Morgan fingerprint density at radius 2 is 1.84 bits per heavy atom. The van der Waals surface area contributed by atoms with E-state index in [1.165, 1.54) is 0 Å². The van der Waals surface area contributed by atoms with E-state index >= 15 is 0 Å². The molecule has 3 N–H and O–H groups in total. The van der Waals surface area contributed by atoms with Gasteiger partial charge in [-0.2, -0.15) is 0 Å². The number of aryl methyl sites for hydroxylation is 1. The Hall–Kier alpha value is -2.37. The Bertz CT molecular complexity index is 506. The first kappa shape index (κ1) is 14.7. The van der Waals surface area contributed by atoms with Crippen molar-refractivity contribution in [2.45, 2.75) is 26.2 Å². The molecule has 0 spiro atoms. The number of carbonyl (C=O) groups excluding carboxylic acids is 2. The fourth-order valence-corrected chi connectivity index (χ4v) is 1.87. The lowest BCUT2D eigenvalue weighted by Crippen LogP contribution is -2.20. The van der Waals surface area contributed by atoms with E-state index < -0.39 is 6.16 Å². The van der Waals surface area contributed by atoms with Crippen molar-refractivity contribution in [2.24, 2.45) is 0 Å². The van der Waals surface area contributed by atoms with Gasteiger partial charge in [-0.15, -0.1) is 0 Å². The lowest BCUT2D eigenvalue weighted by atomic mass is 9.99. The van der Waals surface area contributed by atoms with Gasteiger partial charge in [-0.3, -0.25) is 14.9 Å². The Labute approximate surface area is 110 Å². The summed E-state index contributed by atoms with van der Waals surface area (Å²) in [6, 6.07) is 5.46. The van der Waals surface area contributed by atoms with Crippen LogP contribution in [0.3, 0.4) is 0 Å². The van der Waals surface area contributed by atoms with Gasteiger partial charge in [0.15, 0.2) is 0 Å². The van der Waals surface area contributed by atoms with Gasteiger partial charge in [0.05, 0.1) is 11.1 Å². The monoisotopic (exact) mass is 265 g/mol. The van der Waals surface area contributed by atoms with Gasteiger partial charge < -0.3 is 10.2 Å². The average molecular weight is 265 g/mol. The second-order valence-corrected chi connectivity index (χ2v) is 4.01.